The Morgan fingerprint density at radius 3 is 2.78 bits per heavy atom. The molecule has 0 atom stereocenters. The van der Waals surface area contributed by atoms with Gasteiger partial charge in [-0.3, -0.25) is 4.79 Å². The lowest BCUT2D eigenvalue weighted by atomic mass is 10.2. The Bertz CT molecular complexity index is 540. The van der Waals surface area contributed by atoms with Crippen LogP contribution in [0.25, 0.3) is 0 Å². The third-order valence-corrected chi connectivity index (χ3v) is 3.37. The second kappa shape index (κ2) is 5.73. The van der Waals surface area contributed by atoms with E-state index < -0.39 is 17.5 Å². The lowest BCUT2D eigenvalue weighted by Crippen LogP contribution is -2.26. The average Bonchev–Trinajstić information content (AvgIpc) is 2.85. The number of halogens is 2. The second-order valence-corrected chi connectivity index (χ2v) is 4.72. The first-order valence-electron chi connectivity index (χ1n) is 5.43. The monoisotopic (exact) mass is 267 g/mol. The van der Waals surface area contributed by atoms with Crippen molar-refractivity contribution in [3.8, 4) is 0 Å². The molecule has 0 radical (unpaired) electrons. The quantitative estimate of drug-likeness (QED) is 0.906. The van der Waals surface area contributed by atoms with E-state index >= 15 is 0 Å². The highest BCUT2D eigenvalue weighted by Gasteiger charge is 2.14. The van der Waals surface area contributed by atoms with Crippen molar-refractivity contribution >= 4 is 17.2 Å². The minimum Gasteiger partial charge on any atom is -0.352 e. The summed E-state index contributed by atoms with van der Waals surface area (Å²) < 4.78 is 26.3. The summed E-state index contributed by atoms with van der Waals surface area (Å²) in [5.74, 6) is -2.71. The van der Waals surface area contributed by atoms with E-state index in [2.05, 4.69) is 5.32 Å². The van der Waals surface area contributed by atoms with Gasteiger partial charge in [-0.25, -0.2) is 8.78 Å². The zero-order valence-corrected chi connectivity index (χ0v) is 10.3. The molecular weight excluding hydrogens is 256 g/mol. The van der Waals surface area contributed by atoms with E-state index in [-0.39, 0.29) is 5.56 Å². The summed E-state index contributed by atoms with van der Waals surface area (Å²) in [6.07, 6.45) is 0.681. The first-order chi connectivity index (χ1) is 8.68. The largest absolute Gasteiger partial charge is 0.352 e. The van der Waals surface area contributed by atoms with Crippen LogP contribution >= 0.6 is 11.3 Å². The number of carbonyl (C=O) groups excluding carboxylic acids is 1. The average molecular weight is 267 g/mol. The molecule has 1 heterocycles. The van der Waals surface area contributed by atoms with Crippen LogP contribution in [0.5, 0.6) is 0 Å². The van der Waals surface area contributed by atoms with Crippen molar-refractivity contribution in [2.45, 2.75) is 6.42 Å². The number of rotatable bonds is 4. The molecule has 0 spiro atoms. The molecule has 0 unspecified atom stereocenters. The van der Waals surface area contributed by atoms with Crippen molar-refractivity contribution in [1.29, 1.82) is 0 Å². The summed E-state index contributed by atoms with van der Waals surface area (Å²) in [5.41, 5.74) is -0.263. The van der Waals surface area contributed by atoms with Gasteiger partial charge in [-0.15, -0.1) is 11.3 Å². The summed E-state index contributed by atoms with van der Waals surface area (Å²) in [6.45, 7) is 0.398. The predicted octanol–water partition coefficient (Wildman–Crippen LogP) is 3.00. The normalized spacial score (nSPS) is 10.3. The van der Waals surface area contributed by atoms with Crippen LogP contribution in [0, 0.1) is 11.6 Å². The van der Waals surface area contributed by atoms with E-state index in [1.807, 2.05) is 17.5 Å². The lowest BCUT2D eigenvalue weighted by Gasteiger charge is -2.05. The van der Waals surface area contributed by atoms with E-state index in [0.29, 0.717) is 13.0 Å². The van der Waals surface area contributed by atoms with Gasteiger partial charge in [0.2, 0.25) is 0 Å². The molecule has 1 aromatic carbocycles. The van der Waals surface area contributed by atoms with Crippen molar-refractivity contribution in [3.63, 3.8) is 0 Å². The number of hydrogen-bond acceptors (Lipinski definition) is 2. The predicted molar refractivity (Wildman–Crippen MR) is 66.7 cm³/mol. The molecule has 0 aliphatic rings. The maximum Gasteiger partial charge on any atom is 0.254 e. The molecule has 2 rings (SSSR count). The lowest BCUT2D eigenvalue weighted by molar-refractivity contribution is 0.0949. The van der Waals surface area contributed by atoms with Gasteiger partial charge >= 0.3 is 0 Å². The number of thiophene rings is 1. The molecule has 0 saturated heterocycles. The highest BCUT2D eigenvalue weighted by Crippen LogP contribution is 2.11. The molecule has 94 valence electrons. The molecule has 0 saturated carbocycles. The minimum absolute atomic E-state index is 0.263. The molecule has 5 heteroatoms. The Morgan fingerprint density at radius 2 is 2.06 bits per heavy atom. The minimum atomic E-state index is -1.11. The molecule has 0 bridgehead atoms. The zero-order valence-electron chi connectivity index (χ0n) is 9.45. The maximum atomic E-state index is 13.3. The van der Waals surface area contributed by atoms with Crippen molar-refractivity contribution in [2.24, 2.45) is 0 Å². The first-order valence-corrected chi connectivity index (χ1v) is 6.31. The summed E-state index contributed by atoms with van der Waals surface area (Å²) in [4.78, 5) is 12.8. The van der Waals surface area contributed by atoms with Gasteiger partial charge in [0, 0.05) is 11.4 Å². The number of nitrogens with one attached hydrogen (secondary N) is 1. The SMILES string of the molecule is O=C(NCCc1cccs1)c1cccc(F)c1F. The molecule has 1 N–H and O–H groups in total. The standard InChI is InChI=1S/C13H11F2NOS/c14-11-5-1-4-10(12(11)15)13(17)16-7-6-9-3-2-8-18-9/h1-5,8H,6-7H2,(H,16,17). The smallest absolute Gasteiger partial charge is 0.254 e. The Kier molecular flexibility index (Phi) is 4.04. The molecular formula is C13H11F2NOS. The third-order valence-electron chi connectivity index (χ3n) is 2.43. The van der Waals surface area contributed by atoms with Crippen molar-refractivity contribution < 1.29 is 13.6 Å². The van der Waals surface area contributed by atoms with Gasteiger partial charge in [0.25, 0.3) is 5.91 Å². The van der Waals surface area contributed by atoms with Crippen LogP contribution in [0.3, 0.4) is 0 Å². The Balaban J connectivity index is 1.93. The second-order valence-electron chi connectivity index (χ2n) is 3.69. The number of amides is 1. The fourth-order valence-electron chi connectivity index (χ4n) is 1.53. The Hall–Kier alpha value is -1.75. The van der Waals surface area contributed by atoms with Crippen molar-refractivity contribution in [1.82, 2.24) is 5.32 Å². The summed E-state index contributed by atoms with van der Waals surface area (Å²) >= 11 is 1.59. The van der Waals surface area contributed by atoms with Gasteiger partial charge in [-0.1, -0.05) is 12.1 Å². The van der Waals surface area contributed by atoms with Crippen LogP contribution in [-0.4, -0.2) is 12.5 Å². The van der Waals surface area contributed by atoms with Gasteiger partial charge in [0.1, 0.15) is 0 Å². The number of hydrogen-bond donors (Lipinski definition) is 1. The van der Waals surface area contributed by atoms with Crippen LogP contribution in [0.2, 0.25) is 0 Å². The number of benzene rings is 1. The molecule has 0 aliphatic carbocycles. The molecule has 1 amide bonds. The van der Waals surface area contributed by atoms with Gasteiger partial charge in [0.05, 0.1) is 5.56 Å². The Labute approximate surface area is 107 Å². The molecule has 1 aromatic heterocycles. The van der Waals surface area contributed by atoms with Crippen molar-refractivity contribution in [3.05, 3.63) is 57.8 Å². The van der Waals surface area contributed by atoms with Gasteiger partial charge in [-0.2, -0.15) is 0 Å². The number of carbonyl (C=O) groups is 1. The van der Waals surface area contributed by atoms with E-state index in [1.54, 1.807) is 11.3 Å². The van der Waals surface area contributed by atoms with Gasteiger partial charge in [0.15, 0.2) is 11.6 Å². The molecule has 2 nitrogen and oxygen atoms in total. The van der Waals surface area contributed by atoms with Crippen LogP contribution in [0.1, 0.15) is 15.2 Å². The first kappa shape index (κ1) is 12.7. The Morgan fingerprint density at radius 1 is 1.22 bits per heavy atom. The van der Waals surface area contributed by atoms with Gasteiger partial charge in [-0.05, 0) is 30.0 Å². The highest BCUT2D eigenvalue weighted by molar-refractivity contribution is 7.09. The van der Waals surface area contributed by atoms with E-state index in [1.165, 1.54) is 12.1 Å². The van der Waals surface area contributed by atoms with Crippen LogP contribution in [0.4, 0.5) is 8.78 Å². The topological polar surface area (TPSA) is 29.1 Å². The third kappa shape index (κ3) is 2.92. The molecule has 0 aliphatic heterocycles. The van der Waals surface area contributed by atoms with E-state index in [9.17, 15) is 13.6 Å². The fourth-order valence-corrected chi connectivity index (χ4v) is 2.24. The van der Waals surface area contributed by atoms with E-state index in [0.717, 1.165) is 10.9 Å². The fraction of sp³-hybridized carbons (Fsp3) is 0.154. The maximum absolute atomic E-state index is 13.3. The molecule has 2 aromatic rings. The summed E-state index contributed by atoms with van der Waals surface area (Å²) in [6, 6.07) is 7.44. The molecule has 0 fully saturated rings. The summed E-state index contributed by atoms with van der Waals surface area (Å²) in [7, 11) is 0. The van der Waals surface area contributed by atoms with Crippen LogP contribution in [-0.2, 0) is 6.42 Å². The highest BCUT2D eigenvalue weighted by atomic mass is 32.1. The van der Waals surface area contributed by atoms with Gasteiger partial charge < -0.3 is 5.32 Å². The van der Waals surface area contributed by atoms with Crippen LogP contribution in [0.15, 0.2) is 35.7 Å². The zero-order chi connectivity index (χ0) is 13.0. The molecule has 18 heavy (non-hydrogen) atoms. The van der Waals surface area contributed by atoms with Crippen molar-refractivity contribution in [2.75, 3.05) is 6.54 Å². The van der Waals surface area contributed by atoms with Crippen LogP contribution < -0.4 is 5.32 Å². The van der Waals surface area contributed by atoms with E-state index in [4.69, 9.17) is 0 Å². The summed E-state index contributed by atoms with van der Waals surface area (Å²) in [5, 5.41) is 4.51.